The molecular formula is C10H20N2O2S. The highest BCUT2D eigenvalue weighted by Crippen LogP contribution is 2.21. The minimum Gasteiger partial charge on any atom is -0.310 e. The predicted octanol–water partition coefficient (Wildman–Crippen LogP) is -0.287. The van der Waals surface area contributed by atoms with Gasteiger partial charge in [0.15, 0.2) is 9.84 Å². The summed E-state index contributed by atoms with van der Waals surface area (Å²) in [6, 6.07) is 0.383. The molecule has 0 aromatic heterocycles. The molecule has 0 amide bonds. The molecule has 0 radical (unpaired) electrons. The third kappa shape index (κ3) is 2.52. The van der Waals surface area contributed by atoms with Gasteiger partial charge in [0, 0.05) is 31.7 Å². The van der Waals surface area contributed by atoms with E-state index in [0.29, 0.717) is 17.4 Å². The molecule has 5 heteroatoms. The first kappa shape index (κ1) is 11.4. The van der Waals surface area contributed by atoms with Gasteiger partial charge in [-0.1, -0.05) is 13.8 Å². The summed E-state index contributed by atoms with van der Waals surface area (Å²) in [4.78, 5) is 2.34. The quantitative estimate of drug-likeness (QED) is 0.711. The SMILES string of the molecule is CC(C)CN1CCNC2CS(=O)(=O)CC21. The van der Waals surface area contributed by atoms with Crippen molar-refractivity contribution in [1.29, 1.82) is 0 Å². The van der Waals surface area contributed by atoms with Crippen LogP contribution in [0.2, 0.25) is 0 Å². The van der Waals surface area contributed by atoms with Gasteiger partial charge in [0.05, 0.1) is 11.5 Å². The van der Waals surface area contributed by atoms with Crippen LogP contribution in [0.4, 0.5) is 0 Å². The summed E-state index contributed by atoms with van der Waals surface area (Å²) in [5, 5.41) is 3.32. The van der Waals surface area contributed by atoms with Crippen LogP contribution in [0.1, 0.15) is 13.8 Å². The van der Waals surface area contributed by atoms with Gasteiger partial charge in [-0.2, -0.15) is 0 Å². The Morgan fingerprint density at radius 2 is 2.13 bits per heavy atom. The van der Waals surface area contributed by atoms with E-state index < -0.39 is 9.84 Å². The Bertz CT molecular complexity index is 326. The van der Waals surface area contributed by atoms with Gasteiger partial charge in [-0.25, -0.2) is 8.42 Å². The molecule has 0 spiro atoms. The summed E-state index contributed by atoms with van der Waals surface area (Å²) in [7, 11) is -2.80. The second kappa shape index (κ2) is 4.03. The maximum atomic E-state index is 11.6. The molecule has 15 heavy (non-hydrogen) atoms. The van der Waals surface area contributed by atoms with E-state index in [9.17, 15) is 8.42 Å². The Hall–Kier alpha value is -0.130. The normalized spacial score (nSPS) is 35.7. The second-order valence-corrected chi connectivity index (χ2v) is 7.25. The fourth-order valence-electron chi connectivity index (χ4n) is 2.64. The molecular weight excluding hydrogens is 212 g/mol. The number of piperazine rings is 1. The lowest BCUT2D eigenvalue weighted by atomic mass is 10.1. The van der Waals surface area contributed by atoms with Crippen molar-refractivity contribution < 1.29 is 8.42 Å². The van der Waals surface area contributed by atoms with Crippen molar-refractivity contribution in [1.82, 2.24) is 10.2 Å². The molecule has 2 aliphatic rings. The van der Waals surface area contributed by atoms with Crippen LogP contribution >= 0.6 is 0 Å². The lowest BCUT2D eigenvalue weighted by molar-refractivity contribution is 0.133. The molecule has 0 saturated carbocycles. The van der Waals surface area contributed by atoms with Crippen LogP contribution in [0.15, 0.2) is 0 Å². The highest BCUT2D eigenvalue weighted by Gasteiger charge is 2.42. The zero-order valence-corrected chi connectivity index (χ0v) is 10.3. The van der Waals surface area contributed by atoms with Gasteiger partial charge in [-0.05, 0) is 5.92 Å². The summed E-state index contributed by atoms with van der Waals surface area (Å²) in [6.07, 6.45) is 0. The van der Waals surface area contributed by atoms with Crippen molar-refractivity contribution in [3.63, 3.8) is 0 Å². The second-order valence-electron chi connectivity index (χ2n) is 5.09. The van der Waals surface area contributed by atoms with E-state index in [2.05, 4.69) is 24.1 Å². The van der Waals surface area contributed by atoms with Crippen LogP contribution in [0.3, 0.4) is 0 Å². The topological polar surface area (TPSA) is 49.4 Å². The monoisotopic (exact) mass is 232 g/mol. The van der Waals surface area contributed by atoms with E-state index in [0.717, 1.165) is 19.6 Å². The first-order valence-corrected chi connectivity index (χ1v) is 7.48. The molecule has 2 fully saturated rings. The molecule has 0 bridgehead atoms. The Morgan fingerprint density at radius 1 is 1.40 bits per heavy atom. The highest BCUT2D eigenvalue weighted by atomic mass is 32.2. The average Bonchev–Trinajstić information content (AvgIpc) is 2.39. The largest absolute Gasteiger partial charge is 0.310 e. The van der Waals surface area contributed by atoms with Crippen molar-refractivity contribution >= 4 is 9.84 Å². The molecule has 0 aromatic carbocycles. The minimum atomic E-state index is -2.80. The molecule has 2 atom stereocenters. The van der Waals surface area contributed by atoms with Gasteiger partial charge >= 0.3 is 0 Å². The standard InChI is InChI=1S/C10H20N2O2S/c1-8(2)5-12-4-3-11-9-6-15(13,14)7-10(9)12/h8-11H,3-7H2,1-2H3. The third-order valence-corrected chi connectivity index (χ3v) is 4.91. The van der Waals surface area contributed by atoms with Crippen LogP contribution < -0.4 is 5.32 Å². The summed E-state index contributed by atoms with van der Waals surface area (Å²) in [6.45, 7) is 7.28. The zero-order chi connectivity index (χ0) is 11.1. The van der Waals surface area contributed by atoms with Crippen LogP contribution in [-0.2, 0) is 9.84 Å². The minimum absolute atomic E-state index is 0.169. The number of nitrogens with zero attached hydrogens (tertiary/aromatic N) is 1. The smallest absolute Gasteiger partial charge is 0.153 e. The average molecular weight is 232 g/mol. The van der Waals surface area contributed by atoms with Crippen molar-refractivity contribution in [2.75, 3.05) is 31.1 Å². The molecule has 88 valence electrons. The van der Waals surface area contributed by atoms with Gasteiger partial charge in [0.25, 0.3) is 0 Å². The van der Waals surface area contributed by atoms with E-state index in [4.69, 9.17) is 0 Å². The molecule has 0 aromatic rings. The van der Waals surface area contributed by atoms with E-state index in [1.807, 2.05) is 0 Å². The Morgan fingerprint density at radius 3 is 2.80 bits per heavy atom. The van der Waals surface area contributed by atoms with Crippen LogP contribution in [-0.4, -0.2) is 56.5 Å². The van der Waals surface area contributed by atoms with Crippen molar-refractivity contribution in [2.24, 2.45) is 5.92 Å². The molecule has 0 aliphatic carbocycles. The number of nitrogens with one attached hydrogen (secondary N) is 1. The van der Waals surface area contributed by atoms with Gasteiger partial charge in [0.2, 0.25) is 0 Å². The van der Waals surface area contributed by atoms with E-state index in [1.165, 1.54) is 0 Å². The molecule has 4 nitrogen and oxygen atoms in total. The number of hydrogen-bond acceptors (Lipinski definition) is 4. The maximum absolute atomic E-state index is 11.6. The fourth-order valence-corrected chi connectivity index (χ4v) is 4.63. The zero-order valence-electron chi connectivity index (χ0n) is 9.44. The summed E-state index contributed by atoms with van der Waals surface area (Å²) in [5.41, 5.74) is 0. The van der Waals surface area contributed by atoms with Gasteiger partial charge in [-0.3, -0.25) is 4.90 Å². The molecule has 2 rings (SSSR count). The lowest BCUT2D eigenvalue weighted by Crippen LogP contribution is -2.57. The molecule has 2 saturated heterocycles. The lowest BCUT2D eigenvalue weighted by Gasteiger charge is -2.38. The van der Waals surface area contributed by atoms with Crippen LogP contribution in [0.25, 0.3) is 0 Å². The van der Waals surface area contributed by atoms with E-state index in [1.54, 1.807) is 0 Å². The van der Waals surface area contributed by atoms with Crippen LogP contribution in [0.5, 0.6) is 0 Å². The number of sulfone groups is 1. The Balaban J connectivity index is 2.08. The Labute approximate surface area is 91.9 Å². The number of fused-ring (bicyclic) bond motifs is 1. The third-order valence-electron chi connectivity index (χ3n) is 3.20. The summed E-state index contributed by atoms with van der Waals surface area (Å²) < 4.78 is 23.1. The summed E-state index contributed by atoms with van der Waals surface area (Å²) in [5.74, 6) is 1.27. The maximum Gasteiger partial charge on any atom is 0.153 e. The van der Waals surface area contributed by atoms with Crippen molar-refractivity contribution in [3.05, 3.63) is 0 Å². The molecule has 1 N–H and O–H groups in total. The van der Waals surface area contributed by atoms with E-state index >= 15 is 0 Å². The van der Waals surface area contributed by atoms with Crippen molar-refractivity contribution in [2.45, 2.75) is 25.9 Å². The highest BCUT2D eigenvalue weighted by molar-refractivity contribution is 7.91. The first-order chi connectivity index (χ1) is 6.98. The fraction of sp³-hybridized carbons (Fsp3) is 1.00. The molecule has 2 unspecified atom stereocenters. The van der Waals surface area contributed by atoms with Gasteiger partial charge in [0.1, 0.15) is 0 Å². The van der Waals surface area contributed by atoms with E-state index in [-0.39, 0.29) is 12.1 Å². The molecule has 2 aliphatic heterocycles. The summed E-state index contributed by atoms with van der Waals surface area (Å²) >= 11 is 0. The van der Waals surface area contributed by atoms with Crippen LogP contribution in [0, 0.1) is 5.92 Å². The number of hydrogen-bond donors (Lipinski definition) is 1. The van der Waals surface area contributed by atoms with Gasteiger partial charge in [-0.15, -0.1) is 0 Å². The molecule has 2 heterocycles. The Kier molecular flexibility index (Phi) is 3.05. The predicted molar refractivity (Wildman–Crippen MR) is 60.6 cm³/mol. The first-order valence-electron chi connectivity index (χ1n) is 5.66. The number of rotatable bonds is 2. The van der Waals surface area contributed by atoms with Crippen molar-refractivity contribution in [3.8, 4) is 0 Å². The van der Waals surface area contributed by atoms with Gasteiger partial charge < -0.3 is 5.32 Å².